The Morgan fingerprint density at radius 1 is 1.40 bits per heavy atom. The molecule has 0 spiro atoms. The zero-order valence-corrected chi connectivity index (χ0v) is 10.9. The van der Waals surface area contributed by atoms with Gasteiger partial charge in [0, 0.05) is 19.1 Å². The average molecular weight is 212 g/mol. The van der Waals surface area contributed by atoms with Crippen molar-refractivity contribution in [2.24, 2.45) is 11.3 Å². The zero-order chi connectivity index (χ0) is 11.3. The molecule has 1 rings (SSSR count). The van der Waals surface area contributed by atoms with Gasteiger partial charge in [0.05, 0.1) is 0 Å². The lowest BCUT2D eigenvalue weighted by atomic mass is 9.83. The third kappa shape index (κ3) is 5.53. The Morgan fingerprint density at radius 2 is 2.13 bits per heavy atom. The first-order chi connectivity index (χ1) is 6.99. The molecule has 1 heterocycles. The molecule has 15 heavy (non-hydrogen) atoms. The predicted octanol–water partition coefficient (Wildman–Crippen LogP) is 2.40. The minimum Gasteiger partial charge on any atom is -0.315 e. The molecule has 1 unspecified atom stereocenters. The SMILES string of the molecule is CC(C)CC(C)(C)CNC1CCCNC1. The molecule has 2 heteroatoms. The molecule has 1 aliphatic heterocycles. The van der Waals surface area contributed by atoms with Crippen LogP contribution < -0.4 is 10.6 Å². The van der Waals surface area contributed by atoms with Crippen molar-refractivity contribution in [1.82, 2.24) is 10.6 Å². The van der Waals surface area contributed by atoms with Crippen LogP contribution in [0.5, 0.6) is 0 Å². The van der Waals surface area contributed by atoms with Gasteiger partial charge in [-0.25, -0.2) is 0 Å². The van der Waals surface area contributed by atoms with Crippen LogP contribution in [0.2, 0.25) is 0 Å². The lowest BCUT2D eigenvalue weighted by Gasteiger charge is -2.31. The van der Waals surface area contributed by atoms with Crippen LogP contribution >= 0.6 is 0 Å². The fourth-order valence-electron chi connectivity index (χ4n) is 2.62. The molecule has 0 bridgehead atoms. The van der Waals surface area contributed by atoms with Crippen molar-refractivity contribution >= 4 is 0 Å². The van der Waals surface area contributed by atoms with Gasteiger partial charge in [-0.05, 0) is 37.1 Å². The molecule has 0 aromatic carbocycles. The van der Waals surface area contributed by atoms with Gasteiger partial charge in [-0.1, -0.05) is 27.7 Å². The molecule has 2 nitrogen and oxygen atoms in total. The maximum absolute atomic E-state index is 3.70. The van der Waals surface area contributed by atoms with Crippen molar-refractivity contribution in [2.45, 2.75) is 53.0 Å². The number of rotatable bonds is 5. The zero-order valence-electron chi connectivity index (χ0n) is 10.9. The molecule has 0 radical (unpaired) electrons. The molecule has 1 fully saturated rings. The molecule has 0 aromatic heterocycles. The summed E-state index contributed by atoms with van der Waals surface area (Å²) in [4.78, 5) is 0. The highest BCUT2D eigenvalue weighted by atomic mass is 15.0. The van der Waals surface area contributed by atoms with E-state index in [0.29, 0.717) is 11.5 Å². The summed E-state index contributed by atoms with van der Waals surface area (Å²) in [6, 6.07) is 0.699. The average Bonchev–Trinajstić information content (AvgIpc) is 2.15. The summed E-state index contributed by atoms with van der Waals surface area (Å²) >= 11 is 0. The second kappa shape index (κ2) is 5.86. The third-order valence-electron chi connectivity index (χ3n) is 3.13. The molecule has 1 atom stereocenters. The normalized spacial score (nSPS) is 23.4. The van der Waals surface area contributed by atoms with E-state index < -0.39 is 0 Å². The summed E-state index contributed by atoms with van der Waals surface area (Å²) in [6.45, 7) is 12.9. The Morgan fingerprint density at radius 3 is 2.67 bits per heavy atom. The molecular formula is C13H28N2. The second-order valence-corrected chi connectivity index (χ2v) is 6.19. The van der Waals surface area contributed by atoms with E-state index in [1.54, 1.807) is 0 Å². The first kappa shape index (κ1) is 13.0. The molecule has 90 valence electrons. The van der Waals surface area contributed by atoms with E-state index in [1.807, 2.05) is 0 Å². The molecule has 2 N–H and O–H groups in total. The highest BCUT2D eigenvalue weighted by Crippen LogP contribution is 2.24. The minimum absolute atomic E-state index is 0.436. The number of hydrogen-bond acceptors (Lipinski definition) is 2. The Labute approximate surface area is 95.2 Å². The Bertz CT molecular complexity index is 169. The highest BCUT2D eigenvalue weighted by molar-refractivity contribution is 4.79. The predicted molar refractivity (Wildman–Crippen MR) is 67.1 cm³/mol. The van der Waals surface area contributed by atoms with Gasteiger partial charge in [-0.15, -0.1) is 0 Å². The number of hydrogen-bond donors (Lipinski definition) is 2. The number of nitrogens with one attached hydrogen (secondary N) is 2. The quantitative estimate of drug-likeness (QED) is 0.731. The van der Waals surface area contributed by atoms with Gasteiger partial charge in [-0.2, -0.15) is 0 Å². The van der Waals surface area contributed by atoms with Crippen molar-refractivity contribution < 1.29 is 0 Å². The standard InChI is InChI=1S/C13H28N2/c1-11(2)8-13(3,4)10-15-12-6-5-7-14-9-12/h11-12,14-15H,5-10H2,1-4H3. The minimum atomic E-state index is 0.436. The lowest BCUT2D eigenvalue weighted by Crippen LogP contribution is -2.46. The Balaban J connectivity index is 2.21. The van der Waals surface area contributed by atoms with Crippen LogP contribution in [0.25, 0.3) is 0 Å². The lowest BCUT2D eigenvalue weighted by molar-refractivity contribution is 0.250. The topological polar surface area (TPSA) is 24.1 Å². The molecule has 1 saturated heterocycles. The number of piperidine rings is 1. The van der Waals surface area contributed by atoms with Crippen molar-refractivity contribution in [2.75, 3.05) is 19.6 Å². The summed E-state index contributed by atoms with van der Waals surface area (Å²) < 4.78 is 0. The van der Waals surface area contributed by atoms with E-state index in [4.69, 9.17) is 0 Å². The van der Waals surface area contributed by atoms with Crippen molar-refractivity contribution in [3.8, 4) is 0 Å². The van der Waals surface area contributed by atoms with Crippen molar-refractivity contribution in [1.29, 1.82) is 0 Å². The van der Waals surface area contributed by atoms with Gasteiger partial charge in [-0.3, -0.25) is 0 Å². The van der Waals surface area contributed by atoms with E-state index in [9.17, 15) is 0 Å². The van der Waals surface area contributed by atoms with Crippen LogP contribution in [-0.4, -0.2) is 25.7 Å². The van der Waals surface area contributed by atoms with Crippen LogP contribution in [0.1, 0.15) is 47.0 Å². The van der Waals surface area contributed by atoms with Crippen molar-refractivity contribution in [3.05, 3.63) is 0 Å². The molecule has 1 aliphatic rings. The monoisotopic (exact) mass is 212 g/mol. The van der Waals surface area contributed by atoms with E-state index >= 15 is 0 Å². The summed E-state index contributed by atoms with van der Waals surface area (Å²) in [7, 11) is 0. The van der Waals surface area contributed by atoms with Crippen LogP contribution in [0.15, 0.2) is 0 Å². The molecule has 0 saturated carbocycles. The summed E-state index contributed by atoms with van der Waals surface area (Å²) in [5.74, 6) is 0.797. The second-order valence-electron chi connectivity index (χ2n) is 6.19. The maximum atomic E-state index is 3.70. The Hall–Kier alpha value is -0.0800. The fourth-order valence-corrected chi connectivity index (χ4v) is 2.62. The Kier molecular flexibility index (Phi) is 5.07. The molecule has 0 amide bonds. The summed E-state index contributed by atoms with van der Waals surface area (Å²) in [5, 5.41) is 7.15. The van der Waals surface area contributed by atoms with Crippen LogP contribution in [0.4, 0.5) is 0 Å². The van der Waals surface area contributed by atoms with Gasteiger partial charge in [0.2, 0.25) is 0 Å². The van der Waals surface area contributed by atoms with E-state index in [0.717, 1.165) is 19.0 Å². The fraction of sp³-hybridized carbons (Fsp3) is 1.00. The molecule has 0 aromatic rings. The van der Waals surface area contributed by atoms with Crippen LogP contribution in [0, 0.1) is 11.3 Å². The van der Waals surface area contributed by atoms with Gasteiger partial charge in [0.25, 0.3) is 0 Å². The molecule has 0 aliphatic carbocycles. The van der Waals surface area contributed by atoms with Gasteiger partial charge >= 0.3 is 0 Å². The largest absolute Gasteiger partial charge is 0.315 e. The first-order valence-corrected chi connectivity index (χ1v) is 6.44. The maximum Gasteiger partial charge on any atom is 0.0193 e. The van der Waals surface area contributed by atoms with E-state index in [2.05, 4.69) is 38.3 Å². The van der Waals surface area contributed by atoms with Gasteiger partial charge in [0.15, 0.2) is 0 Å². The smallest absolute Gasteiger partial charge is 0.0193 e. The first-order valence-electron chi connectivity index (χ1n) is 6.44. The van der Waals surface area contributed by atoms with E-state index in [1.165, 1.54) is 25.8 Å². The van der Waals surface area contributed by atoms with Crippen LogP contribution in [0.3, 0.4) is 0 Å². The van der Waals surface area contributed by atoms with Gasteiger partial charge in [0.1, 0.15) is 0 Å². The third-order valence-corrected chi connectivity index (χ3v) is 3.13. The summed E-state index contributed by atoms with van der Waals surface area (Å²) in [5.41, 5.74) is 0.436. The summed E-state index contributed by atoms with van der Waals surface area (Å²) in [6.07, 6.45) is 3.97. The highest BCUT2D eigenvalue weighted by Gasteiger charge is 2.21. The van der Waals surface area contributed by atoms with E-state index in [-0.39, 0.29) is 0 Å². The van der Waals surface area contributed by atoms with Crippen molar-refractivity contribution in [3.63, 3.8) is 0 Å². The molecular weight excluding hydrogens is 184 g/mol. The van der Waals surface area contributed by atoms with Gasteiger partial charge < -0.3 is 10.6 Å². The van der Waals surface area contributed by atoms with Crippen LogP contribution in [-0.2, 0) is 0 Å².